The normalized spacial score (nSPS) is 13.2. The maximum absolute atomic E-state index is 13.0. The maximum Gasteiger partial charge on any atom is 0.416 e. The third-order valence-electron chi connectivity index (χ3n) is 1.96. The number of carbonyl (C=O) groups excluding carboxylic acids is 1. The van der Waals surface area contributed by atoms with Crippen molar-refractivity contribution < 1.29 is 27.5 Å². The first-order valence-electron chi connectivity index (χ1n) is 4.80. The Morgan fingerprint density at radius 3 is 2.50 bits per heavy atom. The third-order valence-corrected chi connectivity index (χ3v) is 1.96. The zero-order valence-electron chi connectivity index (χ0n) is 8.96. The number of halogens is 4. The summed E-state index contributed by atoms with van der Waals surface area (Å²) in [5, 5.41) is 10.8. The van der Waals surface area contributed by atoms with Crippen molar-refractivity contribution in [2.45, 2.75) is 12.4 Å². The summed E-state index contributed by atoms with van der Waals surface area (Å²) in [4.78, 5) is 11.4. The van der Waals surface area contributed by atoms with Crippen LogP contribution < -0.4 is 11.1 Å². The van der Waals surface area contributed by atoms with Crippen LogP contribution >= 0.6 is 0 Å². The maximum atomic E-state index is 13.0. The van der Waals surface area contributed by atoms with E-state index in [4.69, 9.17) is 10.8 Å². The number of aliphatic hydroxyl groups excluding tert-OH is 1. The van der Waals surface area contributed by atoms with Crippen LogP contribution in [-0.2, 0) is 6.18 Å². The van der Waals surface area contributed by atoms with E-state index in [2.05, 4.69) is 5.32 Å². The average molecular weight is 266 g/mol. The molecule has 0 radical (unpaired) electrons. The molecule has 4 N–H and O–H groups in total. The molecule has 1 amide bonds. The fraction of sp³-hybridized carbons (Fsp3) is 0.300. The highest BCUT2D eigenvalue weighted by Crippen LogP contribution is 2.30. The molecule has 1 atom stereocenters. The molecule has 1 aromatic carbocycles. The Kier molecular flexibility index (Phi) is 4.25. The van der Waals surface area contributed by atoms with E-state index in [0.29, 0.717) is 12.1 Å². The van der Waals surface area contributed by atoms with Gasteiger partial charge in [0.05, 0.1) is 12.1 Å². The number of alkyl halides is 3. The van der Waals surface area contributed by atoms with Crippen LogP contribution in [0.3, 0.4) is 0 Å². The standard InChI is InChI=1S/C10H10F4N2O2/c11-7-2-5(9(18)16-4-8(15)17)1-6(3-7)10(12,13)14/h1-3,8,17H,4,15H2,(H,16,18). The van der Waals surface area contributed by atoms with E-state index in [1.807, 2.05) is 0 Å². The number of carbonyl (C=O) groups is 1. The highest BCUT2D eigenvalue weighted by atomic mass is 19.4. The predicted octanol–water partition coefficient (Wildman–Crippen LogP) is 0.851. The second-order valence-electron chi connectivity index (χ2n) is 3.50. The van der Waals surface area contributed by atoms with Crippen molar-refractivity contribution in [3.63, 3.8) is 0 Å². The molecule has 100 valence electrons. The van der Waals surface area contributed by atoms with Gasteiger partial charge in [-0.2, -0.15) is 13.2 Å². The van der Waals surface area contributed by atoms with Gasteiger partial charge in [0.1, 0.15) is 12.0 Å². The first-order valence-corrected chi connectivity index (χ1v) is 4.80. The number of rotatable bonds is 3. The van der Waals surface area contributed by atoms with Gasteiger partial charge in [-0.25, -0.2) is 4.39 Å². The van der Waals surface area contributed by atoms with Gasteiger partial charge in [0.25, 0.3) is 5.91 Å². The molecule has 1 rings (SSSR count). The van der Waals surface area contributed by atoms with Crippen LogP contribution in [-0.4, -0.2) is 23.8 Å². The average Bonchev–Trinajstić information content (AvgIpc) is 2.23. The first kappa shape index (κ1) is 14.4. The quantitative estimate of drug-likeness (QED) is 0.561. The number of benzene rings is 1. The number of amides is 1. The summed E-state index contributed by atoms with van der Waals surface area (Å²) >= 11 is 0. The van der Waals surface area contributed by atoms with Crippen LogP contribution in [0.25, 0.3) is 0 Å². The van der Waals surface area contributed by atoms with Gasteiger partial charge in [0.15, 0.2) is 0 Å². The summed E-state index contributed by atoms with van der Waals surface area (Å²) < 4.78 is 50.1. The Balaban J connectivity index is 2.96. The summed E-state index contributed by atoms with van der Waals surface area (Å²) in [5.74, 6) is -2.13. The van der Waals surface area contributed by atoms with E-state index in [0.717, 1.165) is 0 Å². The molecule has 0 saturated carbocycles. The van der Waals surface area contributed by atoms with E-state index in [9.17, 15) is 22.4 Å². The molecule has 0 aromatic heterocycles. The summed E-state index contributed by atoms with van der Waals surface area (Å²) in [7, 11) is 0. The highest BCUT2D eigenvalue weighted by Gasteiger charge is 2.31. The summed E-state index contributed by atoms with van der Waals surface area (Å²) in [5.41, 5.74) is 3.17. The molecular weight excluding hydrogens is 256 g/mol. The Hall–Kier alpha value is -1.67. The monoisotopic (exact) mass is 266 g/mol. The lowest BCUT2D eigenvalue weighted by atomic mass is 10.1. The Bertz CT molecular complexity index is 446. The molecule has 18 heavy (non-hydrogen) atoms. The van der Waals surface area contributed by atoms with Crippen LogP contribution in [0.5, 0.6) is 0 Å². The van der Waals surface area contributed by atoms with Crippen molar-refractivity contribution in [2.24, 2.45) is 5.73 Å². The van der Waals surface area contributed by atoms with Crippen LogP contribution in [0.15, 0.2) is 18.2 Å². The number of nitrogens with two attached hydrogens (primary N) is 1. The summed E-state index contributed by atoms with van der Waals surface area (Å²) in [6, 6.07) is 1.46. The van der Waals surface area contributed by atoms with Gasteiger partial charge >= 0.3 is 6.18 Å². The third kappa shape index (κ3) is 3.97. The van der Waals surface area contributed by atoms with Crippen molar-refractivity contribution in [2.75, 3.05) is 6.54 Å². The molecule has 1 aromatic rings. The lowest BCUT2D eigenvalue weighted by Gasteiger charge is -2.10. The van der Waals surface area contributed by atoms with Gasteiger partial charge in [-0.1, -0.05) is 0 Å². The fourth-order valence-corrected chi connectivity index (χ4v) is 1.18. The Morgan fingerprint density at radius 2 is 2.00 bits per heavy atom. The van der Waals surface area contributed by atoms with Crippen molar-refractivity contribution in [3.05, 3.63) is 35.1 Å². The Labute approximate surface area is 99.4 Å². The van der Waals surface area contributed by atoms with Gasteiger partial charge in [0, 0.05) is 5.56 Å². The van der Waals surface area contributed by atoms with Crippen molar-refractivity contribution in [1.82, 2.24) is 5.32 Å². The molecule has 0 aliphatic rings. The van der Waals surface area contributed by atoms with Gasteiger partial charge in [-0.05, 0) is 18.2 Å². The van der Waals surface area contributed by atoms with Crippen molar-refractivity contribution in [1.29, 1.82) is 0 Å². The molecule has 8 heteroatoms. The molecular formula is C10H10F4N2O2. The number of hydrogen-bond acceptors (Lipinski definition) is 3. The molecule has 0 aliphatic carbocycles. The minimum Gasteiger partial charge on any atom is -0.377 e. The van der Waals surface area contributed by atoms with Crippen molar-refractivity contribution >= 4 is 5.91 Å². The topological polar surface area (TPSA) is 75.3 Å². The van der Waals surface area contributed by atoms with Crippen LogP contribution in [0, 0.1) is 5.82 Å². The van der Waals surface area contributed by atoms with Gasteiger partial charge in [-0.15, -0.1) is 0 Å². The highest BCUT2D eigenvalue weighted by molar-refractivity contribution is 5.94. The second-order valence-corrected chi connectivity index (χ2v) is 3.50. The minimum absolute atomic E-state index is 0.286. The zero-order chi connectivity index (χ0) is 13.9. The molecule has 0 aliphatic heterocycles. The van der Waals surface area contributed by atoms with Crippen LogP contribution in [0.1, 0.15) is 15.9 Å². The second kappa shape index (κ2) is 5.32. The molecule has 0 spiro atoms. The number of nitrogens with one attached hydrogen (secondary N) is 1. The van der Waals surface area contributed by atoms with E-state index >= 15 is 0 Å². The predicted molar refractivity (Wildman–Crippen MR) is 53.9 cm³/mol. The SMILES string of the molecule is NC(O)CNC(=O)c1cc(F)cc(C(F)(F)F)c1. The van der Waals surface area contributed by atoms with Gasteiger partial charge < -0.3 is 16.2 Å². The van der Waals surface area contributed by atoms with Crippen LogP contribution in [0.4, 0.5) is 17.6 Å². The van der Waals surface area contributed by atoms with Gasteiger partial charge in [-0.3, -0.25) is 4.79 Å². The molecule has 4 nitrogen and oxygen atoms in total. The lowest BCUT2D eigenvalue weighted by Crippen LogP contribution is -2.37. The van der Waals surface area contributed by atoms with Gasteiger partial charge in [0.2, 0.25) is 0 Å². The van der Waals surface area contributed by atoms with E-state index < -0.39 is 35.3 Å². The smallest absolute Gasteiger partial charge is 0.377 e. The molecule has 0 heterocycles. The van der Waals surface area contributed by atoms with Crippen LogP contribution in [0.2, 0.25) is 0 Å². The molecule has 0 fully saturated rings. The van der Waals surface area contributed by atoms with Crippen molar-refractivity contribution in [3.8, 4) is 0 Å². The fourth-order valence-electron chi connectivity index (χ4n) is 1.18. The first-order chi connectivity index (χ1) is 8.20. The molecule has 0 bridgehead atoms. The van der Waals surface area contributed by atoms with E-state index in [-0.39, 0.29) is 12.6 Å². The molecule has 1 unspecified atom stereocenters. The molecule has 0 saturated heterocycles. The lowest BCUT2D eigenvalue weighted by molar-refractivity contribution is -0.137. The minimum atomic E-state index is -4.75. The Morgan fingerprint density at radius 1 is 1.39 bits per heavy atom. The zero-order valence-corrected chi connectivity index (χ0v) is 8.96. The van der Waals surface area contributed by atoms with E-state index in [1.165, 1.54) is 0 Å². The largest absolute Gasteiger partial charge is 0.416 e. The summed E-state index contributed by atoms with van der Waals surface area (Å²) in [6.07, 6.45) is -6.09. The number of hydrogen-bond donors (Lipinski definition) is 3. The number of aliphatic hydroxyl groups is 1. The summed E-state index contributed by atoms with van der Waals surface area (Å²) in [6.45, 7) is -0.350. The van der Waals surface area contributed by atoms with E-state index in [1.54, 1.807) is 0 Å².